The number of amides is 2. The van der Waals surface area contributed by atoms with Crippen molar-refractivity contribution in [1.29, 1.82) is 0 Å². The fraction of sp³-hybridized carbons (Fsp3) is 0.273. The molecule has 1 heterocycles. The summed E-state index contributed by atoms with van der Waals surface area (Å²) >= 11 is 7.43. The molecule has 0 saturated carbocycles. The SMILES string of the molecule is CC(=O)Nc1ccc(NC(=O)CSc2nnc(C(C)Oc3ccccc3Cl)n2C)cc1C. The first-order valence-corrected chi connectivity index (χ1v) is 11.2. The van der Waals surface area contributed by atoms with Crippen LogP contribution in [0.15, 0.2) is 47.6 Å². The quantitative estimate of drug-likeness (QED) is 0.464. The first-order valence-electron chi connectivity index (χ1n) is 9.86. The predicted octanol–water partition coefficient (Wildman–Crippen LogP) is 4.61. The largest absolute Gasteiger partial charge is 0.481 e. The third-order valence-electron chi connectivity index (χ3n) is 4.53. The highest BCUT2D eigenvalue weighted by molar-refractivity contribution is 7.99. The van der Waals surface area contributed by atoms with Gasteiger partial charge in [0.2, 0.25) is 11.8 Å². The molecule has 0 saturated heterocycles. The van der Waals surface area contributed by atoms with Gasteiger partial charge < -0.3 is 19.9 Å². The number of anilines is 2. The number of thioether (sulfide) groups is 1. The Morgan fingerprint density at radius 3 is 2.62 bits per heavy atom. The van der Waals surface area contributed by atoms with E-state index in [-0.39, 0.29) is 23.7 Å². The monoisotopic (exact) mass is 473 g/mol. The molecule has 0 aliphatic carbocycles. The predicted molar refractivity (Wildman–Crippen MR) is 126 cm³/mol. The van der Waals surface area contributed by atoms with Crippen molar-refractivity contribution in [3.05, 3.63) is 58.9 Å². The summed E-state index contributed by atoms with van der Waals surface area (Å²) in [6, 6.07) is 12.5. The zero-order valence-corrected chi connectivity index (χ0v) is 19.8. The van der Waals surface area contributed by atoms with E-state index < -0.39 is 0 Å². The number of aromatic nitrogens is 3. The molecule has 1 unspecified atom stereocenters. The van der Waals surface area contributed by atoms with Gasteiger partial charge in [0.05, 0.1) is 10.8 Å². The highest BCUT2D eigenvalue weighted by Gasteiger charge is 2.19. The first kappa shape index (κ1) is 23.6. The fourth-order valence-electron chi connectivity index (χ4n) is 2.99. The van der Waals surface area contributed by atoms with Crippen molar-refractivity contribution in [2.45, 2.75) is 32.0 Å². The molecule has 1 atom stereocenters. The maximum absolute atomic E-state index is 12.4. The second-order valence-corrected chi connectivity index (χ2v) is 8.49. The normalized spacial score (nSPS) is 11.7. The van der Waals surface area contributed by atoms with Gasteiger partial charge in [-0.25, -0.2) is 0 Å². The Kier molecular flexibility index (Phi) is 7.76. The molecule has 32 heavy (non-hydrogen) atoms. The highest BCUT2D eigenvalue weighted by atomic mass is 35.5. The van der Waals surface area contributed by atoms with Gasteiger partial charge in [0.1, 0.15) is 5.75 Å². The van der Waals surface area contributed by atoms with E-state index in [4.69, 9.17) is 16.3 Å². The molecule has 0 fully saturated rings. The Morgan fingerprint density at radius 1 is 1.19 bits per heavy atom. The second-order valence-electron chi connectivity index (χ2n) is 7.14. The van der Waals surface area contributed by atoms with Gasteiger partial charge in [0.25, 0.3) is 0 Å². The minimum Gasteiger partial charge on any atom is -0.481 e. The van der Waals surface area contributed by atoms with E-state index in [1.807, 2.05) is 39.1 Å². The van der Waals surface area contributed by atoms with Crippen LogP contribution in [0.1, 0.15) is 31.3 Å². The van der Waals surface area contributed by atoms with Crippen LogP contribution in [0, 0.1) is 6.92 Å². The van der Waals surface area contributed by atoms with Gasteiger partial charge >= 0.3 is 0 Å². The molecule has 8 nitrogen and oxygen atoms in total. The number of ether oxygens (including phenoxy) is 1. The number of benzene rings is 2. The summed E-state index contributed by atoms with van der Waals surface area (Å²) < 4.78 is 7.70. The number of nitrogens with zero attached hydrogens (tertiary/aromatic N) is 3. The van der Waals surface area contributed by atoms with Crippen molar-refractivity contribution in [2.75, 3.05) is 16.4 Å². The van der Waals surface area contributed by atoms with Crippen LogP contribution in [0.5, 0.6) is 5.75 Å². The molecule has 2 aromatic carbocycles. The van der Waals surface area contributed by atoms with E-state index >= 15 is 0 Å². The number of aryl methyl sites for hydroxylation is 1. The van der Waals surface area contributed by atoms with Crippen molar-refractivity contribution in [1.82, 2.24) is 14.8 Å². The molecule has 3 aromatic rings. The maximum Gasteiger partial charge on any atom is 0.234 e. The van der Waals surface area contributed by atoms with E-state index in [0.717, 1.165) is 5.56 Å². The standard InChI is InChI=1S/C22H24ClN5O3S/c1-13-11-16(9-10-18(13)24-15(3)29)25-20(30)12-32-22-27-26-21(28(22)4)14(2)31-19-8-6-5-7-17(19)23/h5-11,14H,12H2,1-4H3,(H,24,29)(H,25,30). The number of carbonyl (C=O) groups excluding carboxylic acids is 2. The number of nitrogens with one attached hydrogen (secondary N) is 2. The highest BCUT2D eigenvalue weighted by Crippen LogP contribution is 2.29. The lowest BCUT2D eigenvalue weighted by Crippen LogP contribution is -2.15. The van der Waals surface area contributed by atoms with E-state index in [1.165, 1.54) is 18.7 Å². The molecular formula is C22H24ClN5O3S. The van der Waals surface area contributed by atoms with Crippen LogP contribution in [-0.4, -0.2) is 32.3 Å². The van der Waals surface area contributed by atoms with Crippen molar-refractivity contribution in [2.24, 2.45) is 7.05 Å². The first-order chi connectivity index (χ1) is 15.2. The van der Waals surface area contributed by atoms with Gasteiger partial charge in [-0.05, 0) is 49.7 Å². The molecule has 10 heteroatoms. The Morgan fingerprint density at radius 2 is 1.94 bits per heavy atom. The summed E-state index contributed by atoms with van der Waals surface area (Å²) in [5.41, 5.74) is 2.23. The summed E-state index contributed by atoms with van der Waals surface area (Å²) in [6.07, 6.45) is -0.374. The van der Waals surface area contributed by atoms with E-state index in [0.29, 0.717) is 33.1 Å². The van der Waals surface area contributed by atoms with Gasteiger partial charge in [-0.15, -0.1) is 10.2 Å². The van der Waals surface area contributed by atoms with Crippen LogP contribution < -0.4 is 15.4 Å². The van der Waals surface area contributed by atoms with Gasteiger partial charge in [-0.2, -0.15) is 0 Å². The molecule has 0 aliphatic heterocycles. The Labute approximate surface area is 195 Å². The lowest BCUT2D eigenvalue weighted by Gasteiger charge is -2.15. The van der Waals surface area contributed by atoms with E-state index in [9.17, 15) is 9.59 Å². The summed E-state index contributed by atoms with van der Waals surface area (Å²) in [6.45, 7) is 5.18. The number of carbonyl (C=O) groups is 2. The molecule has 0 aliphatic rings. The van der Waals surface area contributed by atoms with Crippen molar-refractivity contribution in [3.63, 3.8) is 0 Å². The zero-order valence-electron chi connectivity index (χ0n) is 18.2. The number of hydrogen-bond donors (Lipinski definition) is 2. The van der Waals surface area contributed by atoms with E-state index in [1.54, 1.807) is 28.8 Å². The van der Waals surface area contributed by atoms with Crippen molar-refractivity contribution >= 4 is 46.6 Å². The number of halogens is 1. The minimum absolute atomic E-state index is 0.143. The minimum atomic E-state index is -0.374. The number of para-hydroxylation sites is 1. The Hall–Kier alpha value is -3.04. The number of rotatable bonds is 8. The van der Waals surface area contributed by atoms with Gasteiger partial charge in [0.15, 0.2) is 17.1 Å². The Bertz CT molecular complexity index is 1130. The third kappa shape index (κ3) is 6.02. The summed E-state index contributed by atoms with van der Waals surface area (Å²) in [5, 5.41) is 15.1. The molecule has 3 rings (SSSR count). The van der Waals surface area contributed by atoms with Crippen LogP contribution in [0.25, 0.3) is 0 Å². The second kappa shape index (κ2) is 10.5. The molecule has 0 radical (unpaired) electrons. The average Bonchev–Trinajstić information content (AvgIpc) is 3.10. The Balaban J connectivity index is 1.57. The fourth-order valence-corrected chi connectivity index (χ4v) is 3.89. The van der Waals surface area contributed by atoms with Crippen molar-refractivity contribution < 1.29 is 14.3 Å². The van der Waals surface area contributed by atoms with Crippen LogP contribution in [-0.2, 0) is 16.6 Å². The van der Waals surface area contributed by atoms with Crippen LogP contribution >= 0.6 is 23.4 Å². The summed E-state index contributed by atoms with van der Waals surface area (Å²) in [7, 11) is 1.83. The average molecular weight is 474 g/mol. The molecule has 168 valence electrons. The maximum atomic E-state index is 12.4. The smallest absolute Gasteiger partial charge is 0.234 e. The lowest BCUT2D eigenvalue weighted by molar-refractivity contribution is -0.114. The van der Waals surface area contributed by atoms with Gasteiger partial charge in [0, 0.05) is 25.3 Å². The molecular weight excluding hydrogens is 450 g/mol. The zero-order chi connectivity index (χ0) is 23.3. The number of hydrogen-bond acceptors (Lipinski definition) is 6. The molecule has 2 N–H and O–H groups in total. The molecule has 0 spiro atoms. The van der Waals surface area contributed by atoms with Crippen molar-refractivity contribution in [3.8, 4) is 5.75 Å². The topological polar surface area (TPSA) is 98.1 Å². The van der Waals surface area contributed by atoms with E-state index in [2.05, 4.69) is 20.8 Å². The summed E-state index contributed by atoms with van der Waals surface area (Å²) in [5.74, 6) is 1.04. The van der Waals surface area contributed by atoms with Crippen LogP contribution in [0.4, 0.5) is 11.4 Å². The van der Waals surface area contributed by atoms with Gasteiger partial charge in [-0.3, -0.25) is 9.59 Å². The van der Waals surface area contributed by atoms with Gasteiger partial charge in [-0.1, -0.05) is 35.5 Å². The molecule has 1 aromatic heterocycles. The molecule has 0 bridgehead atoms. The van der Waals surface area contributed by atoms with Crippen LogP contribution in [0.3, 0.4) is 0 Å². The summed E-state index contributed by atoms with van der Waals surface area (Å²) in [4.78, 5) is 23.6. The van der Waals surface area contributed by atoms with Crippen LogP contribution in [0.2, 0.25) is 5.02 Å². The third-order valence-corrected chi connectivity index (χ3v) is 5.86. The molecule has 2 amide bonds. The lowest BCUT2D eigenvalue weighted by atomic mass is 10.1.